The van der Waals surface area contributed by atoms with Crippen LogP contribution in [-0.4, -0.2) is 30.3 Å². The molecule has 3 N–H and O–H groups in total. The Kier molecular flexibility index (Phi) is 3.19. The zero-order chi connectivity index (χ0) is 13.1. The molecule has 0 aliphatic rings. The number of hydrogen-bond acceptors (Lipinski definition) is 8. The standard InChI is InChI=1S/C10H11N7OS/c11-10-14-6(4-19-10)2-1-3-7-15-9(17-18-7)8-12-5-13-16-8/h4-5H,1-3H2,(H2,11,14)(H,12,13,16). The van der Waals surface area contributed by atoms with Gasteiger partial charge in [-0.15, -0.1) is 11.3 Å². The molecule has 0 atom stereocenters. The van der Waals surface area contributed by atoms with Crippen molar-refractivity contribution in [1.82, 2.24) is 30.3 Å². The van der Waals surface area contributed by atoms with E-state index in [1.54, 1.807) is 0 Å². The van der Waals surface area contributed by atoms with Gasteiger partial charge in [-0.2, -0.15) is 10.1 Å². The summed E-state index contributed by atoms with van der Waals surface area (Å²) < 4.78 is 5.14. The Balaban J connectivity index is 1.56. The van der Waals surface area contributed by atoms with E-state index >= 15 is 0 Å². The third-order valence-corrected chi connectivity index (χ3v) is 3.21. The molecule has 0 bridgehead atoms. The summed E-state index contributed by atoms with van der Waals surface area (Å²) in [5.74, 6) is 1.50. The van der Waals surface area contributed by atoms with E-state index in [-0.39, 0.29) is 0 Å². The molecule has 0 saturated heterocycles. The van der Waals surface area contributed by atoms with E-state index in [2.05, 4.69) is 30.3 Å². The second-order valence-corrected chi connectivity index (χ2v) is 4.77. The molecule has 3 aromatic rings. The fourth-order valence-electron chi connectivity index (χ4n) is 1.62. The van der Waals surface area contributed by atoms with Crippen molar-refractivity contribution >= 4 is 16.5 Å². The number of nitrogens with one attached hydrogen (secondary N) is 1. The van der Waals surface area contributed by atoms with Gasteiger partial charge < -0.3 is 10.3 Å². The first-order valence-electron chi connectivity index (χ1n) is 5.69. The van der Waals surface area contributed by atoms with Crippen molar-refractivity contribution in [3.05, 3.63) is 23.3 Å². The average molecular weight is 277 g/mol. The van der Waals surface area contributed by atoms with Crippen LogP contribution in [0.1, 0.15) is 18.0 Å². The summed E-state index contributed by atoms with van der Waals surface area (Å²) in [4.78, 5) is 12.4. The Hall–Kier alpha value is -2.29. The van der Waals surface area contributed by atoms with Gasteiger partial charge in [-0.25, -0.2) is 9.97 Å². The fourth-order valence-corrected chi connectivity index (χ4v) is 2.22. The summed E-state index contributed by atoms with van der Waals surface area (Å²) in [6.07, 6.45) is 3.81. The van der Waals surface area contributed by atoms with Crippen molar-refractivity contribution in [3.8, 4) is 11.6 Å². The lowest BCUT2D eigenvalue weighted by Gasteiger charge is -1.93. The SMILES string of the molecule is Nc1nc(CCCc2nc(-c3ncn[nH]3)no2)cs1. The number of H-pyrrole nitrogens is 1. The molecule has 0 radical (unpaired) electrons. The van der Waals surface area contributed by atoms with Crippen LogP contribution in [0.2, 0.25) is 0 Å². The second kappa shape index (κ2) is 5.14. The van der Waals surface area contributed by atoms with Gasteiger partial charge in [0.2, 0.25) is 11.7 Å². The van der Waals surface area contributed by atoms with Gasteiger partial charge in [0.1, 0.15) is 6.33 Å². The van der Waals surface area contributed by atoms with Gasteiger partial charge in [0.15, 0.2) is 11.0 Å². The highest BCUT2D eigenvalue weighted by Crippen LogP contribution is 2.14. The van der Waals surface area contributed by atoms with Crippen molar-refractivity contribution in [3.63, 3.8) is 0 Å². The number of nitrogens with zero attached hydrogens (tertiary/aromatic N) is 5. The number of aryl methyl sites for hydroxylation is 2. The van der Waals surface area contributed by atoms with E-state index in [1.165, 1.54) is 17.7 Å². The summed E-state index contributed by atoms with van der Waals surface area (Å²) >= 11 is 1.45. The number of nitrogens with two attached hydrogens (primary N) is 1. The lowest BCUT2D eigenvalue weighted by atomic mass is 10.2. The van der Waals surface area contributed by atoms with Gasteiger partial charge in [-0.05, 0) is 12.8 Å². The second-order valence-electron chi connectivity index (χ2n) is 3.88. The van der Waals surface area contributed by atoms with Gasteiger partial charge in [0.05, 0.1) is 5.69 Å². The minimum Gasteiger partial charge on any atom is -0.375 e. The summed E-state index contributed by atoms with van der Waals surface area (Å²) in [7, 11) is 0. The maximum absolute atomic E-state index is 5.57. The summed E-state index contributed by atoms with van der Waals surface area (Å²) in [6, 6.07) is 0. The molecule has 0 aliphatic carbocycles. The minimum atomic E-state index is 0.422. The van der Waals surface area contributed by atoms with Crippen LogP contribution < -0.4 is 5.73 Å². The number of aromatic nitrogens is 6. The van der Waals surface area contributed by atoms with Crippen LogP contribution >= 0.6 is 11.3 Å². The van der Waals surface area contributed by atoms with Crippen molar-refractivity contribution in [2.45, 2.75) is 19.3 Å². The maximum atomic E-state index is 5.57. The molecule has 9 heteroatoms. The maximum Gasteiger partial charge on any atom is 0.239 e. The van der Waals surface area contributed by atoms with Crippen molar-refractivity contribution < 1.29 is 4.52 Å². The Morgan fingerprint density at radius 3 is 3.00 bits per heavy atom. The zero-order valence-electron chi connectivity index (χ0n) is 9.91. The van der Waals surface area contributed by atoms with Gasteiger partial charge in [0, 0.05) is 11.8 Å². The lowest BCUT2D eigenvalue weighted by molar-refractivity contribution is 0.375. The Labute approximate surface area is 112 Å². The number of aromatic amines is 1. The Morgan fingerprint density at radius 1 is 1.32 bits per heavy atom. The van der Waals surface area contributed by atoms with Gasteiger partial charge in [-0.3, -0.25) is 5.10 Å². The monoisotopic (exact) mass is 277 g/mol. The highest BCUT2D eigenvalue weighted by Gasteiger charge is 2.10. The number of thiazole rings is 1. The largest absolute Gasteiger partial charge is 0.375 e. The predicted molar refractivity (Wildman–Crippen MR) is 68.2 cm³/mol. The molecular formula is C10H11N7OS. The highest BCUT2D eigenvalue weighted by molar-refractivity contribution is 7.13. The molecule has 0 spiro atoms. The first-order valence-corrected chi connectivity index (χ1v) is 6.57. The van der Waals surface area contributed by atoms with E-state index in [4.69, 9.17) is 10.3 Å². The number of hydrogen-bond donors (Lipinski definition) is 2. The zero-order valence-corrected chi connectivity index (χ0v) is 10.7. The van der Waals surface area contributed by atoms with Crippen LogP contribution in [0, 0.1) is 0 Å². The topological polar surface area (TPSA) is 119 Å². The van der Waals surface area contributed by atoms with Gasteiger partial charge in [-0.1, -0.05) is 5.16 Å². The molecule has 98 valence electrons. The first-order chi connectivity index (χ1) is 9.31. The molecule has 0 fully saturated rings. The molecule has 0 unspecified atom stereocenters. The van der Waals surface area contributed by atoms with Crippen LogP contribution in [0.15, 0.2) is 16.2 Å². The van der Waals surface area contributed by atoms with Crippen LogP contribution in [0.4, 0.5) is 5.13 Å². The molecule has 0 saturated carbocycles. The summed E-state index contributed by atoms with van der Waals surface area (Å²) in [5.41, 5.74) is 6.57. The third kappa shape index (κ3) is 2.76. The molecule has 0 aromatic carbocycles. The molecule has 0 amide bonds. The first kappa shape index (κ1) is 11.8. The molecule has 3 heterocycles. The van der Waals surface area contributed by atoms with E-state index < -0.39 is 0 Å². The van der Waals surface area contributed by atoms with Crippen LogP contribution in [0.25, 0.3) is 11.6 Å². The molecule has 19 heavy (non-hydrogen) atoms. The van der Waals surface area contributed by atoms with Crippen molar-refractivity contribution in [2.24, 2.45) is 0 Å². The molecule has 0 aliphatic heterocycles. The number of nitrogen functional groups attached to an aromatic ring is 1. The normalized spacial score (nSPS) is 10.9. The van der Waals surface area contributed by atoms with E-state index in [0.29, 0.717) is 29.1 Å². The van der Waals surface area contributed by atoms with E-state index in [1.807, 2.05) is 5.38 Å². The number of rotatable bonds is 5. The quantitative estimate of drug-likeness (QED) is 0.715. The molecule has 3 aromatic heterocycles. The van der Waals surface area contributed by atoms with E-state index in [9.17, 15) is 0 Å². The predicted octanol–water partition coefficient (Wildman–Crippen LogP) is 1.07. The van der Waals surface area contributed by atoms with Gasteiger partial charge >= 0.3 is 0 Å². The van der Waals surface area contributed by atoms with E-state index in [0.717, 1.165) is 18.5 Å². The molecule has 8 nitrogen and oxygen atoms in total. The molecular weight excluding hydrogens is 266 g/mol. The fraction of sp³-hybridized carbons (Fsp3) is 0.300. The smallest absolute Gasteiger partial charge is 0.239 e. The lowest BCUT2D eigenvalue weighted by Crippen LogP contribution is -1.92. The van der Waals surface area contributed by atoms with Crippen LogP contribution in [0.5, 0.6) is 0 Å². The van der Waals surface area contributed by atoms with Crippen molar-refractivity contribution in [1.29, 1.82) is 0 Å². The number of anilines is 1. The summed E-state index contributed by atoms with van der Waals surface area (Å²) in [6.45, 7) is 0. The minimum absolute atomic E-state index is 0.422. The van der Waals surface area contributed by atoms with Crippen LogP contribution in [0.3, 0.4) is 0 Å². The Bertz CT molecular complexity index is 644. The third-order valence-electron chi connectivity index (χ3n) is 2.49. The van der Waals surface area contributed by atoms with Crippen molar-refractivity contribution in [2.75, 3.05) is 5.73 Å². The Morgan fingerprint density at radius 2 is 2.26 bits per heavy atom. The van der Waals surface area contributed by atoms with Crippen LogP contribution in [-0.2, 0) is 12.8 Å². The van der Waals surface area contributed by atoms with Gasteiger partial charge in [0.25, 0.3) is 0 Å². The summed E-state index contributed by atoms with van der Waals surface area (Å²) in [5, 5.41) is 12.8. The molecule has 3 rings (SSSR count). The average Bonchev–Trinajstić information content (AvgIpc) is 3.09. The highest BCUT2D eigenvalue weighted by atomic mass is 32.1.